The highest BCUT2D eigenvalue weighted by Crippen LogP contribution is 2.24. The molecule has 0 aliphatic carbocycles. The number of alkyl halides is 2. The predicted octanol–water partition coefficient (Wildman–Crippen LogP) is 2.01. The minimum atomic E-state index is 0.304. The molecule has 2 N–H and O–H groups in total. The Labute approximate surface area is 169 Å². The Hall–Kier alpha value is 0.360. The fourth-order valence-electron chi connectivity index (χ4n) is 3.77. The van der Waals surface area contributed by atoms with Gasteiger partial charge < -0.3 is 5.32 Å². The molecule has 0 saturated heterocycles. The highest BCUT2D eigenvalue weighted by molar-refractivity contribution is 5.78. The van der Waals surface area contributed by atoms with Gasteiger partial charge in [-0.25, -0.2) is 0 Å². The predicted molar refractivity (Wildman–Crippen MR) is 107 cm³/mol. The fourth-order valence-corrected chi connectivity index (χ4v) is 5.55. The summed E-state index contributed by atoms with van der Waals surface area (Å²) in [7, 11) is 2.17. The smallest absolute Gasteiger partial charge is 0.306 e. The second kappa shape index (κ2) is 16.5. The lowest BCUT2D eigenvalue weighted by Gasteiger charge is -2.19. The molecule has 0 aromatic carbocycles. The molecular formula is C22H46INO+2. The van der Waals surface area contributed by atoms with Crippen molar-refractivity contribution >= 4 is 5.78 Å². The van der Waals surface area contributed by atoms with Crippen LogP contribution in [0.2, 0.25) is 0 Å². The third-order valence-electron chi connectivity index (χ3n) is 5.41. The van der Waals surface area contributed by atoms with Crippen LogP contribution in [0.15, 0.2) is 0 Å². The molecule has 0 bridgehead atoms. The number of Topliss-reactive ketones (excluding diaryl/α,β-unsaturated/α-hetero) is 1. The van der Waals surface area contributed by atoms with E-state index < -0.39 is 0 Å². The second-order valence-corrected chi connectivity index (χ2v) is 11.2. The first-order valence-electron chi connectivity index (χ1n) is 10.7. The summed E-state index contributed by atoms with van der Waals surface area (Å²) in [6.07, 6.45) is 13.1. The normalized spacial score (nSPS) is 15.3. The summed E-state index contributed by atoms with van der Waals surface area (Å²) < 4.78 is 0.815. The van der Waals surface area contributed by atoms with Crippen molar-refractivity contribution in [1.82, 2.24) is 0 Å². The van der Waals surface area contributed by atoms with Crippen molar-refractivity contribution in [3.63, 3.8) is 0 Å². The van der Waals surface area contributed by atoms with Gasteiger partial charge in [0.15, 0.2) is 0 Å². The topological polar surface area (TPSA) is 33.7 Å². The van der Waals surface area contributed by atoms with Crippen LogP contribution in [0.1, 0.15) is 98.3 Å². The first-order chi connectivity index (χ1) is 11.9. The van der Waals surface area contributed by atoms with Gasteiger partial charge in [0.2, 0.25) is 0 Å². The number of unbranched alkanes of at least 4 members (excludes halogenated alkanes) is 1. The van der Waals surface area contributed by atoms with Crippen LogP contribution in [-0.2, 0) is 4.79 Å². The Morgan fingerprint density at radius 2 is 1.64 bits per heavy atom. The molecular weight excluding hydrogens is 421 g/mol. The quantitative estimate of drug-likeness (QED) is 0.151. The van der Waals surface area contributed by atoms with Gasteiger partial charge in [0.25, 0.3) is 4.05 Å². The molecule has 0 rings (SSSR count). The van der Waals surface area contributed by atoms with E-state index in [1.165, 1.54) is 44.9 Å². The van der Waals surface area contributed by atoms with Gasteiger partial charge in [-0.1, -0.05) is 59.8 Å². The number of ketones is 1. The van der Waals surface area contributed by atoms with E-state index >= 15 is 0 Å². The number of hydrogen-bond acceptors (Lipinski definition) is 1. The number of halogens is 1. The van der Waals surface area contributed by atoms with Crippen LogP contribution in [0.5, 0.6) is 0 Å². The highest BCUT2D eigenvalue weighted by atomic mass is 127. The Morgan fingerprint density at radius 1 is 0.960 bits per heavy atom. The average Bonchev–Trinajstić information content (AvgIpc) is 2.57. The van der Waals surface area contributed by atoms with Gasteiger partial charge in [-0.05, 0) is 37.0 Å². The summed E-state index contributed by atoms with van der Waals surface area (Å²) in [5.41, 5.74) is 0. The zero-order valence-corrected chi connectivity index (χ0v) is 20.1. The molecule has 3 atom stereocenters. The number of nitrogens with two attached hydrogens (primary N) is 1. The van der Waals surface area contributed by atoms with Crippen molar-refractivity contribution in [3.8, 4) is 0 Å². The molecule has 0 saturated carbocycles. The van der Waals surface area contributed by atoms with Crippen molar-refractivity contribution in [2.24, 2.45) is 17.8 Å². The lowest BCUT2D eigenvalue weighted by atomic mass is 9.87. The SMILES string of the molecule is CCC(CCCCC(=O)CCCC([NH2+]C)[I+]C)CCC(C)CC(C)C. The van der Waals surface area contributed by atoms with Crippen LogP contribution in [0.3, 0.4) is 0 Å². The summed E-state index contributed by atoms with van der Waals surface area (Å²) in [6, 6.07) is 0. The Bertz CT molecular complexity index is 315. The molecule has 0 heterocycles. The third kappa shape index (κ3) is 15.1. The van der Waals surface area contributed by atoms with Gasteiger partial charge in [0.1, 0.15) is 10.7 Å². The van der Waals surface area contributed by atoms with Crippen LogP contribution < -0.4 is 26.5 Å². The van der Waals surface area contributed by atoms with Crippen LogP contribution >= 0.6 is 0 Å². The monoisotopic (exact) mass is 467 g/mol. The van der Waals surface area contributed by atoms with E-state index in [2.05, 4.69) is 45.0 Å². The van der Waals surface area contributed by atoms with Gasteiger partial charge in [-0.15, -0.1) is 0 Å². The summed E-state index contributed by atoms with van der Waals surface area (Å²) in [4.78, 5) is 14.4. The van der Waals surface area contributed by atoms with Crippen molar-refractivity contribution < 1.29 is 31.3 Å². The number of quaternary nitrogens is 1. The molecule has 150 valence electrons. The van der Waals surface area contributed by atoms with Gasteiger partial charge in [-0.2, -0.15) is 0 Å². The van der Waals surface area contributed by atoms with Crippen molar-refractivity contribution in [2.75, 3.05) is 12.0 Å². The molecule has 0 amide bonds. The molecule has 3 heteroatoms. The van der Waals surface area contributed by atoms with Gasteiger partial charge in [0, 0.05) is 19.3 Å². The lowest BCUT2D eigenvalue weighted by Crippen LogP contribution is -3.68. The molecule has 2 nitrogen and oxygen atoms in total. The summed E-state index contributed by atoms with van der Waals surface area (Å²) >= 11 is 0.304. The first kappa shape index (κ1) is 25.4. The molecule has 0 aliphatic rings. The van der Waals surface area contributed by atoms with Crippen molar-refractivity contribution in [3.05, 3.63) is 0 Å². The van der Waals surface area contributed by atoms with E-state index in [0.29, 0.717) is 27.0 Å². The molecule has 0 aromatic heterocycles. The molecule has 25 heavy (non-hydrogen) atoms. The van der Waals surface area contributed by atoms with Gasteiger partial charge in [0.05, 0.1) is 7.05 Å². The fraction of sp³-hybridized carbons (Fsp3) is 0.955. The standard InChI is InChI=1S/C22H45INO/c1-7-20(16-15-19(4)17-18(2)3)11-8-9-12-21(25)13-10-14-22(23-5)24-6/h18-20,22,24H,7-17H2,1-6H3/q+1/p+1. The zero-order chi connectivity index (χ0) is 19.1. The molecule has 0 aliphatic heterocycles. The molecule has 0 fully saturated rings. The summed E-state index contributed by atoms with van der Waals surface area (Å²) in [6.45, 7) is 9.40. The van der Waals surface area contributed by atoms with Gasteiger partial charge in [-0.3, -0.25) is 4.79 Å². The van der Waals surface area contributed by atoms with E-state index in [-0.39, 0.29) is 0 Å². The highest BCUT2D eigenvalue weighted by Gasteiger charge is 2.19. The maximum absolute atomic E-state index is 12.0. The minimum Gasteiger partial charge on any atom is -0.306 e. The number of rotatable bonds is 17. The maximum Gasteiger partial charge on any atom is 0.334 e. The second-order valence-electron chi connectivity index (χ2n) is 8.33. The third-order valence-corrected chi connectivity index (χ3v) is 8.36. The Balaban J connectivity index is 3.73. The van der Waals surface area contributed by atoms with Crippen LogP contribution in [-0.4, -0.2) is 21.8 Å². The van der Waals surface area contributed by atoms with Crippen molar-refractivity contribution in [1.29, 1.82) is 0 Å². The molecule has 0 aromatic rings. The lowest BCUT2D eigenvalue weighted by molar-refractivity contribution is -0.882. The average molecular weight is 468 g/mol. The van der Waals surface area contributed by atoms with E-state index in [9.17, 15) is 4.79 Å². The molecule has 0 radical (unpaired) electrons. The van der Waals surface area contributed by atoms with Crippen LogP contribution in [0, 0.1) is 17.8 Å². The number of carbonyl (C=O) groups is 1. The van der Waals surface area contributed by atoms with Crippen LogP contribution in [0.25, 0.3) is 0 Å². The summed E-state index contributed by atoms with van der Waals surface area (Å²) in [5.74, 6) is 3.07. The van der Waals surface area contributed by atoms with E-state index in [4.69, 9.17) is 0 Å². The van der Waals surface area contributed by atoms with E-state index in [1.807, 2.05) is 0 Å². The summed E-state index contributed by atoms with van der Waals surface area (Å²) in [5, 5.41) is 2.34. The van der Waals surface area contributed by atoms with Gasteiger partial charge >= 0.3 is 21.2 Å². The first-order valence-corrected chi connectivity index (χ1v) is 14.1. The largest absolute Gasteiger partial charge is 0.334 e. The molecule has 3 unspecified atom stereocenters. The number of carbonyl (C=O) groups excluding carboxylic acids is 1. The maximum atomic E-state index is 12.0. The van der Waals surface area contributed by atoms with E-state index in [1.54, 1.807) is 0 Å². The zero-order valence-electron chi connectivity index (χ0n) is 18.0. The van der Waals surface area contributed by atoms with Crippen LogP contribution in [0.4, 0.5) is 0 Å². The Morgan fingerprint density at radius 3 is 2.20 bits per heavy atom. The molecule has 0 spiro atoms. The van der Waals surface area contributed by atoms with Crippen molar-refractivity contribution in [2.45, 2.75) is 102 Å². The minimum absolute atomic E-state index is 0.304. The number of hydrogen-bond donors (Lipinski definition) is 1. The van der Waals surface area contributed by atoms with E-state index in [0.717, 1.165) is 47.5 Å². The Kier molecular flexibility index (Phi) is 16.8.